The fourth-order valence-corrected chi connectivity index (χ4v) is 1.70. The van der Waals surface area contributed by atoms with Crippen molar-refractivity contribution in [2.45, 2.75) is 39.0 Å². The van der Waals surface area contributed by atoms with E-state index in [9.17, 15) is 13.6 Å². The summed E-state index contributed by atoms with van der Waals surface area (Å²) in [5.41, 5.74) is 0. The fraction of sp³-hybridized carbons (Fsp3) is 0.900. The summed E-state index contributed by atoms with van der Waals surface area (Å²) in [6.45, 7) is 1.95. The maximum absolute atomic E-state index is 12.1. The van der Waals surface area contributed by atoms with E-state index in [2.05, 4.69) is 15.9 Å². The number of carbonyl (C=O) groups is 1. The molecular weight excluding hydrogens is 268 g/mol. The highest BCUT2D eigenvalue weighted by Gasteiger charge is 2.16. The number of nitrogens with zero attached hydrogens (tertiary/aromatic N) is 1. The first kappa shape index (κ1) is 14.8. The Hall–Kier alpha value is -0.190. The Morgan fingerprint density at radius 3 is 2.53 bits per heavy atom. The Morgan fingerprint density at radius 1 is 1.40 bits per heavy atom. The van der Waals surface area contributed by atoms with Crippen molar-refractivity contribution in [3.8, 4) is 0 Å². The molecule has 0 bridgehead atoms. The lowest BCUT2D eigenvalue weighted by Crippen LogP contribution is -2.36. The molecule has 5 heteroatoms. The zero-order chi connectivity index (χ0) is 11.7. The maximum Gasteiger partial charge on any atom is 0.255 e. The Balaban J connectivity index is 3.92. The first-order chi connectivity index (χ1) is 7.11. The minimum absolute atomic E-state index is 0.164. The molecule has 1 amide bonds. The van der Waals surface area contributed by atoms with Gasteiger partial charge in [-0.1, -0.05) is 35.7 Å². The van der Waals surface area contributed by atoms with Crippen LogP contribution in [0.4, 0.5) is 8.78 Å². The third-order valence-corrected chi connectivity index (χ3v) is 2.41. The third kappa shape index (κ3) is 7.71. The lowest BCUT2D eigenvalue weighted by atomic mass is 10.2. The highest BCUT2D eigenvalue weighted by Crippen LogP contribution is 2.06. The van der Waals surface area contributed by atoms with Gasteiger partial charge in [-0.15, -0.1) is 0 Å². The predicted molar refractivity (Wildman–Crippen MR) is 60.5 cm³/mol. The molecule has 2 nitrogen and oxygen atoms in total. The summed E-state index contributed by atoms with van der Waals surface area (Å²) in [6, 6.07) is 0. The number of hydrogen-bond donors (Lipinski definition) is 0. The molecule has 15 heavy (non-hydrogen) atoms. The highest BCUT2D eigenvalue weighted by molar-refractivity contribution is 9.09. The van der Waals surface area contributed by atoms with Crippen LogP contribution >= 0.6 is 15.9 Å². The topological polar surface area (TPSA) is 20.3 Å². The monoisotopic (exact) mass is 285 g/mol. The third-order valence-electron chi connectivity index (χ3n) is 2.06. The summed E-state index contributed by atoms with van der Waals surface area (Å²) < 4.78 is 24.3. The van der Waals surface area contributed by atoms with Gasteiger partial charge in [0, 0.05) is 18.3 Å². The zero-order valence-electron chi connectivity index (χ0n) is 9.02. The molecule has 0 aliphatic rings. The maximum atomic E-state index is 12.1. The molecular formula is C10H18BrF2NO. The summed E-state index contributed by atoms with van der Waals surface area (Å²) in [4.78, 5) is 12.7. The second kappa shape index (κ2) is 9.07. The number of hydrogen-bond acceptors (Lipinski definition) is 1. The van der Waals surface area contributed by atoms with Crippen LogP contribution in [0.1, 0.15) is 32.6 Å². The van der Waals surface area contributed by atoms with Crippen molar-refractivity contribution in [3.63, 3.8) is 0 Å². The van der Waals surface area contributed by atoms with Crippen LogP contribution in [0.3, 0.4) is 0 Å². The van der Waals surface area contributed by atoms with E-state index in [-0.39, 0.29) is 5.91 Å². The minimum Gasteiger partial charge on any atom is -0.336 e. The van der Waals surface area contributed by atoms with Crippen molar-refractivity contribution < 1.29 is 13.6 Å². The molecule has 0 unspecified atom stereocenters. The molecule has 0 spiro atoms. The number of carbonyl (C=O) groups excluding carboxylic acids is 1. The molecule has 90 valence electrons. The van der Waals surface area contributed by atoms with E-state index in [1.165, 1.54) is 4.90 Å². The molecule has 0 N–H and O–H groups in total. The normalized spacial score (nSPS) is 10.7. The lowest BCUT2D eigenvalue weighted by Gasteiger charge is -2.21. The van der Waals surface area contributed by atoms with Crippen LogP contribution in [0.5, 0.6) is 0 Å². The van der Waals surface area contributed by atoms with Gasteiger partial charge in [-0.05, 0) is 6.42 Å². The van der Waals surface area contributed by atoms with Crippen LogP contribution in [0.25, 0.3) is 0 Å². The number of halogens is 3. The predicted octanol–water partition coefficient (Wildman–Crippen LogP) is 3.06. The van der Waals surface area contributed by atoms with Crippen molar-refractivity contribution in [3.05, 3.63) is 0 Å². The molecule has 0 aromatic carbocycles. The van der Waals surface area contributed by atoms with Gasteiger partial charge >= 0.3 is 0 Å². The molecule has 0 aromatic heterocycles. The summed E-state index contributed by atoms with van der Waals surface area (Å²) in [5, 5.41) is 0.541. The number of rotatable bonds is 8. The second-order valence-corrected chi connectivity index (χ2v) is 4.17. The highest BCUT2D eigenvalue weighted by atomic mass is 79.9. The van der Waals surface area contributed by atoms with Crippen LogP contribution in [0.15, 0.2) is 0 Å². The Labute approximate surface area is 98.1 Å². The van der Waals surface area contributed by atoms with Gasteiger partial charge in [-0.25, -0.2) is 8.78 Å². The van der Waals surface area contributed by atoms with Crippen molar-refractivity contribution in [1.82, 2.24) is 4.90 Å². The van der Waals surface area contributed by atoms with Gasteiger partial charge in [0.1, 0.15) is 0 Å². The zero-order valence-corrected chi connectivity index (χ0v) is 10.6. The summed E-state index contributed by atoms with van der Waals surface area (Å²) >= 11 is 3.15. The van der Waals surface area contributed by atoms with E-state index in [1.54, 1.807) is 0 Å². The number of amides is 1. The van der Waals surface area contributed by atoms with E-state index in [1.807, 2.05) is 6.92 Å². The van der Waals surface area contributed by atoms with Crippen molar-refractivity contribution in [1.29, 1.82) is 0 Å². The molecule has 0 heterocycles. The smallest absolute Gasteiger partial charge is 0.255 e. The molecule has 0 radical (unpaired) electrons. The second-order valence-electron chi connectivity index (χ2n) is 3.38. The summed E-state index contributed by atoms with van der Waals surface area (Å²) in [7, 11) is 0. The van der Waals surface area contributed by atoms with Gasteiger partial charge in [0.2, 0.25) is 5.91 Å². The average molecular weight is 286 g/mol. The largest absolute Gasteiger partial charge is 0.336 e. The number of alkyl halides is 3. The molecule has 0 aromatic rings. The van der Waals surface area contributed by atoms with Crippen LogP contribution in [0.2, 0.25) is 0 Å². The average Bonchev–Trinajstić information content (AvgIpc) is 2.17. The molecule has 0 fully saturated rings. The SMILES string of the molecule is CCCCCC(=O)N(CCBr)CC(F)F. The van der Waals surface area contributed by atoms with E-state index >= 15 is 0 Å². The quantitative estimate of drug-likeness (QED) is 0.496. The molecule has 0 saturated heterocycles. The van der Waals surface area contributed by atoms with Crippen LogP contribution in [-0.4, -0.2) is 35.7 Å². The molecule has 0 aliphatic heterocycles. The molecule has 0 atom stereocenters. The Bertz CT molecular complexity index is 179. The minimum atomic E-state index is -2.45. The number of unbranched alkanes of at least 4 members (excludes halogenated alkanes) is 2. The molecule has 0 aliphatic carbocycles. The van der Waals surface area contributed by atoms with E-state index < -0.39 is 13.0 Å². The van der Waals surface area contributed by atoms with Crippen molar-refractivity contribution in [2.24, 2.45) is 0 Å². The van der Waals surface area contributed by atoms with Crippen molar-refractivity contribution >= 4 is 21.8 Å². The van der Waals surface area contributed by atoms with E-state index in [4.69, 9.17) is 0 Å². The van der Waals surface area contributed by atoms with Gasteiger partial charge in [0.15, 0.2) is 0 Å². The van der Waals surface area contributed by atoms with Gasteiger partial charge < -0.3 is 4.90 Å². The van der Waals surface area contributed by atoms with Gasteiger partial charge in [0.05, 0.1) is 6.54 Å². The van der Waals surface area contributed by atoms with E-state index in [0.717, 1.165) is 19.3 Å². The fourth-order valence-electron chi connectivity index (χ4n) is 1.27. The van der Waals surface area contributed by atoms with Gasteiger partial charge in [0.25, 0.3) is 6.43 Å². The Kier molecular flexibility index (Phi) is 8.95. The summed E-state index contributed by atoms with van der Waals surface area (Å²) in [6.07, 6.45) is 0.729. The molecule has 0 rings (SSSR count). The first-order valence-electron chi connectivity index (χ1n) is 5.23. The van der Waals surface area contributed by atoms with E-state index in [0.29, 0.717) is 18.3 Å². The first-order valence-corrected chi connectivity index (χ1v) is 6.35. The van der Waals surface area contributed by atoms with Crippen LogP contribution in [0, 0.1) is 0 Å². The summed E-state index contributed by atoms with van der Waals surface area (Å²) in [5.74, 6) is -0.164. The van der Waals surface area contributed by atoms with Gasteiger partial charge in [-0.2, -0.15) is 0 Å². The Morgan fingerprint density at radius 2 is 2.07 bits per heavy atom. The molecule has 0 saturated carbocycles. The van der Waals surface area contributed by atoms with Gasteiger partial charge in [-0.3, -0.25) is 4.79 Å². The van der Waals surface area contributed by atoms with Crippen LogP contribution in [-0.2, 0) is 4.79 Å². The lowest BCUT2D eigenvalue weighted by molar-refractivity contribution is -0.132. The van der Waals surface area contributed by atoms with Crippen molar-refractivity contribution in [2.75, 3.05) is 18.4 Å². The standard InChI is InChI=1S/C10H18BrF2NO/c1-2-3-4-5-10(15)14(7-6-11)8-9(12)13/h9H,2-8H2,1H3. The van der Waals surface area contributed by atoms with Crippen LogP contribution < -0.4 is 0 Å².